The van der Waals surface area contributed by atoms with Gasteiger partial charge in [0.2, 0.25) is 0 Å². The fraction of sp³-hybridized carbons (Fsp3) is 0.348. The van der Waals surface area contributed by atoms with E-state index in [4.69, 9.17) is 16.3 Å². The summed E-state index contributed by atoms with van der Waals surface area (Å²) in [5.41, 5.74) is 2.93. The summed E-state index contributed by atoms with van der Waals surface area (Å²) in [5.74, 6) is 0.151. The highest BCUT2D eigenvalue weighted by Gasteiger charge is 2.20. The number of aromatic nitrogens is 3. The van der Waals surface area contributed by atoms with Crippen LogP contribution >= 0.6 is 23.4 Å². The molecule has 0 amide bonds. The number of ether oxygens (including phenoxy) is 1. The Hall–Kier alpha value is -2.35. The van der Waals surface area contributed by atoms with Gasteiger partial charge in [0.05, 0.1) is 29.3 Å². The molecule has 1 unspecified atom stereocenters. The van der Waals surface area contributed by atoms with Crippen molar-refractivity contribution in [2.24, 2.45) is 0 Å². The molecule has 6 nitrogen and oxygen atoms in total. The summed E-state index contributed by atoms with van der Waals surface area (Å²) in [6.07, 6.45) is 1.64. The molecule has 0 bridgehead atoms. The van der Waals surface area contributed by atoms with Crippen LogP contribution in [0.5, 0.6) is 0 Å². The zero-order valence-corrected chi connectivity index (χ0v) is 19.7. The Labute approximate surface area is 190 Å². The van der Waals surface area contributed by atoms with Crippen molar-refractivity contribution in [3.63, 3.8) is 0 Å². The topological polar surface area (TPSA) is 66.1 Å². The number of ketones is 1. The number of carbonyl (C=O) groups excluding carboxylic acids is 1. The highest BCUT2D eigenvalue weighted by Crippen LogP contribution is 2.25. The number of benzene rings is 1. The second-order valence-corrected chi connectivity index (χ2v) is 8.81. The molecule has 0 N–H and O–H groups in total. The van der Waals surface area contributed by atoms with Gasteiger partial charge >= 0.3 is 0 Å². The maximum atomic E-state index is 13.0. The highest BCUT2D eigenvalue weighted by molar-refractivity contribution is 7.99. The van der Waals surface area contributed by atoms with Crippen LogP contribution in [-0.2, 0) is 11.3 Å². The molecule has 1 aromatic carbocycles. The van der Waals surface area contributed by atoms with Gasteiger partial charge in [-0.1, -0.05) is 29.4 Å². The summed E-state index contributed by atoms with van der Waals surface area (Å²) in [4.78, 5) is 30.6. The zero-order chi connectivity index (χ0) is 22.7. The summed E-state index contributed by atoms with van der Waals surface area (Å²) in [6, 6.07) is 7.04. The Balaban J connectivity index is 1.91. The standard InChI is InChI=1S/C23H26ClN3O3S/c1-6-9-26-22(29)18-8-7-17(24)11-20(18)25-23(26)31-13-21(28)19-10-14(2)27(16(19)4)15(3)12-30-5/h6-8,10-11,15H,1,9,12-13H2,2-5H3. The van der Waals surface area contributed by atoms with Crippen molar-refractivity contribution in [3.05, 3.63) is 69.2 Å². The summed E-state index contributed by atoms with van der Waals surface area (Å²) in [6.45, 7) is 10.6. The number of aryl methyl sites for hydroxylation is 1. The number of hydrogen-bond donors (Lipinski definition) is 0. The van der Waals surface area contributed by atoms with Crippen molar-refractivity contribution >= 4 is 40.0 Å². The molecule has 0 fully saturated rings. The van der Waals surface area contributed by atoms with E-state index in [1.54, 1.807) is 31.4 Å². The van der Waals surface area contributed by atoms with Crippen molar-refractivity contribution in [3.8, 4) is 0 Å². The number of Topliss-reactive ketones (excluding diaryl/α,β-unsaturated/α-hetero) is 1. The van der Waals surface area contributed by atoms with Crippen molar-refractivity contribution in [1.82, 2.24) is 14.1 Å². The Kier molecular flexibility index (Phi) is 7.41. The average Bonchev–Trinajstić information content (AvgIpc) is 3.02. The maximum Gasteiger partial charge on any atom is 0.262 e. The molecule has 1 atom stereocenters. The van der Waals surface area contributed by atoms with Gasteiger partial charge < -0.3 is 9.30 Å². The fourth-order valence-corrected chi connectivity index (χ4v) is 4.89. The Morgan fingerprint density at radius 3 is 2.77 bits per heavy atom. The molecule has 0 spiro atoms. The van der Waals surface area contributed by atoms with Gasteiger partial charge in [-0.2, -0.15) is 0 Å². The van der Waals surface area contributed by atoms with Crippen LogP contribution in [0.3, 0.4) is 0 Å². The largest absolute Gasteiger partial charge is 0.383 e. The van der Waals surface area contributed by atoms with E-state index in [-0.39, 0.29) is 23.1 Å². The maximum absolute atomic E-state index is 13.0. The van der Waals surface area contributed by atoms with E-state index >= 15 is 0 Å². The van der Waals surface area contributed by atoms with Gasteiger partial charge in [0, 0.05) is 35.6 Å². The molecule has 2 heterocycles. The molecular weight excluding hydrogens is 434 g/mol. The number of nitrogens with zero attached hydrogens (tertiary/aromatic N) is 3. The minimum absolute atomic E-state index is 0.0143. The monoisotopic (exact) mass is 459 g/mol. The predicted octanol–water partition coefficient (Wildman–Crippen LogP) is 4.84. The molecule has 2 aromatic heterocycles. The molecule has 0 saturated carbocycles. The van der Waals surface area contributed by atoms with Crippen molar-refractivity contribution in [2.45, 2.75) is 38.5 Å². The minimum Gasteiger partial charge on any atom is -0.383 e. The Bertz CT molecular complexity index is 1200. The highest BCUT2D eigenvalue weighted by atomic mass is 35.5. The molecule has 164 valence electrons. The van der Waals surface area contributed by atoms with Gasteiger partial charge in [0.15, 0.2) is 10.9 Å². The summed E-state index contributed by atoms with van der Waals surface area (Å²) >= 11 is 7.32. The summed E-state index contributed by atoms with van der Waals surface area (Å²) < 4.78 is 8.92. The van der Waals surface area contributed by atoms with Crippen LogP contribution in [0, 0.1) is 13.8 Å². The van der Waals surface area contributed by atoms with Crippen molar-refractivity contribution in [1.29, 1.82) is 0 Å². The van der Waals surface area contributed by atoms with Gasteiger partial charge in [-0.25, -0.2) is 4.98 Å². The number of rotatable bonds is 9. The number of allylic oxidation sites excluding steroid dienone is 1. The molecule has 3 rings (SSSR count). The normalized spacial score (nSPS) is 12.3. The van der Waals surface area contributed by atoms with Crippen LogP contribution in [0.15, 0.2) is 46.9 Å². The van der Waals surface area contributed by atoms with E-state index in [2.05, 4.69) is 23.1 Å². The van der Waals surface area contributed by atoms with Gasteiger partial charge in [-0.15, -0.1) is 6.58 Å². The molecular formula is C23H26ClN3O3S. The predicted molar refractivity (Wildman–Crippen MR) is 127 cm³/mol. The second kappa shape index (κ2) is 9.85. The quantitative estimate of drug-likeness (QED) is 0.198. The van der Waals surface area contributed by atoms with E-state index in [9.17, 15) is 9.59 Å². The lowest BCUT2D eigenvalue weighted by atomic mass is 10.2. The van der Waals surface area contributed by atoms with Crippen molar-refractivity contribution in [2.75, 3.05) is 19.5 Å². The minimum atomic E-state index is -0.178. The lowest BCUT2D eigenvalue weighted by Gasteiger charge is -2.17. The third-order valence-electron chi connectivity index (χ3n) is 5.16. The van der Waals surface area contributed by atoms with Gasteiger partial charge in [-0.05, 0) is 45.0 Å². The van der Waals surface area contributed by atoms with E-state index in [0.29, 0.717) is 39.8 Å². The van der Waals surface area contributed by atoms with Crippen LogP contribution in [0.4, 0.5) is 0 Å². The van der Waals surface area contributed by atoms with E-state index in [0.717, 1.165) is 11.4 Å². The first-order valence-electron chi connectivity index (χ1n) is 9.92. The van der Waals surface area contributed by atoms with E-state index in [1.165, 1.54) is 16.3 Å². The third-order valence-corrected chi connectivity index (χ3v) is 6.37. The molecule has 0 aliphatic carbocycles. The molecule has 0 aliphatic heterocycles. The van der Waals surface area contributed by atoms with Crippen LogP contribution < -0.4 is 5.56 Å². The first kappa shape index (κ1) is 23.3. The molecule has 0 aliphatic rings. The van der Waals surface area contributed by atoms with Gasteiger partial charge in [-0.3, -0.25) is 14.2 Å². The number of halogens is 1. The second-order valence-electron chi connectivity index (χ2n) is 7.43. The lowest BCUT2D eigenvalue weighted by molar-refractivity contribution is 0.102. The summed E-state index contributed by atoms with van der Waals surface area (Å²) in [5, 5.41) is 1.46. The lowest BCUT2D eigenvalue weighted by Crippen LogP contribution is -2.23. The van der Waals surface area contributed by atoms with Crippen LogP contribution in [0.1, 0.15) is 34.7 Å². The number of methoxy groups -OCH3 is 1. The zero-order valence-electron chi connectivity index (χ0n) is 18.1. The SMILES string of the molecule is C=CCn1c(SCC(=O)c2cc(C)n(C(C)COC)c2C)nc2cc(Cl)ccc2c1=O. The first-order valence-corrected chi connectivity index (χ1v) is 11.3. The van der Waals surface area contributed by atoms with Crippen LogP contribution in [-0.4, -0.2) is 39.4 Å². The molecule has 3 aromatic rings. The number of hydrogen-bond acceptors (Lipinski definition) is 5. The van der Waals surface area contributed by atoms with E-state index in [1.807, 2.05) is 19.9 Å². The van der Waals surface area contributed by atoms with E-state index < -0.39 is 0 Å². The smallest absolute Gasteiger partial charge is 0.262 e. The molecule has 0 saturated heterocycles. The average molecular weight is 460 g/mol. The summed E-state index contributed by atoms with van der Waals surface area (Å²) in [7, 11) is 1.67. The third kappa shape index (κ3) is 4.79. The molecule has 0 radical (unpaired) electrons. The Morgan fingerprint density at radius 2 is 2.10 bits per heavy atom. The number of fused-ring (bicyclic) bond motifs is 1. The Morgan fingerprint density at radius 1 is 1.35 bits per heavy atom. The van der Waals surface area contributed by atoms with Gasteiger partial charge in [0.25, 0.3) is 5.56 Å². The number of carbonyl (C=O) groups is 1. The number of thioether (sulfide) groups is 1. The fourth-order valence-electron chi connectivity index (χ4n) is 3.84. The molecule has 31 heavy (non-hydrogen) atoms. The van der Waals surface area contributed by atoms with Crippen molar-refractivity contribution < 1.29 is 9.53 Å². The van der Waals surface area contributed by atoms with Crippen LogP contribution in [0.2, 0.25) is 5.02 Å². The van der Waals surface area contributed by atoms with Gasteiger partial charge in [0.1, 0.15) is 0 Å². The first-order chi connectivity index (χ1) is 14.8. The van der Waals surface area contributed by atoms with Crippen LogP contribution in [0.25, 0.3) is 10.9 Å². The molecule has 8 heteroatoms.